The average molecular weight is 532 g/mol. The molecule has 0 spiro atoms. The summed E-state index contributed by atoms with van der Waals surface area (Å²) in [5.74, 6) is -1.02. The number of carbonyl (C=O) groups is 2. The summed E-state index contributed by atoms with van der Waals surface area (Å²) in [4.78, 5) is 27.8. The lowest BCUT2D eigenvalue weighted by atomic mass is 9.95. The van der Waals surface area contributed by atoms with Gasteiger partial charge >= 0.3 is 0 Å². The molecule has 2 amide bonds. The van der Waals surface area contributed by atoms with Crippen LogP contribution in [-0.2, 0) is 26.2 Å². The van der Waals surface area contributed by atoms with Gasteiger partial charge < -0.3 is 10.2 Å². The Morgan fingerprint density at radius 3 is 2.43 bits per heavy atom. The van der Waals surface area contributed by atoms with E-state index in [4.69, 9.17) is 0 Å². The quantitative estimate of drug-likeness (QED) is 0.461. The van der Waals surface area contributed by atoms with E-state index in [1.807, 2.05) is 13.0 Å². The SMILES string of the molecule is Cc1cccc(N(CCCC(=O)N(Cc2ccccc2F)C(C)C(=O)NC2CCCCC2)S(C)(=O)=O)c1. The van der Waals surface area contributed by atoms with Gasteiger partial charge in [0.1, 0.15) is 11.9 Å². The summed E-state index contributed by atoms with van der Waals surface area (Å²) in [6.45, 7) is 3.61. The van der Waals surface area contributed by atoms with Crippen LogP contribution in [0.15, 0.2) is 48.5 Å². The first kappa shape index (κ1) is 28.6. The number of hydrogen-bond donors (Lipinski definition) is 1. The number of rotatable bonds is 11. The van der Waals surface area contributed by atoms with Crippen LogP contribution >= 0.6 is 0 Å². The third-order valence-corrected chi connectivity index (χ3v) is 8.05. The Balaban J connectivity index is 1.72. The number of anilines is 1. The Labute approximate surface area is 220 Å². The molecule has 37 heavy (non-hydrogen) atoms. The van der Waals surface area contributed by atoms with Crippen molar-refractivity contribution < 1.29 is 22.4 Å². The smallest absolute Gasteiger partial charge is 0.242 e. The van der Waals surface area contributed by atoms with Crippen molar-refractivity contribution in [1.29, 1.82) is 0 Å². The molecule has 1 saturated carbocycles. The molecule has 1 N–H and O–H groups in total. The molecule has 2 aromatic rings. The van der Waals surface area contributed by atoms with E-state index in [2.05, 4.69) is 5.32 Å². The second-order valence-corrected chi connectivity index (χ2v) is 11.8. The molecule has 1 atom stereocenters. The minimum Gasteiger partial charge on any atom is -0.352 e. The highest BCUT2D eigenvalue weighted by atomic mass is 32.2. The van der Waals surface area contributed by atoms with Gasteiger partial charge in [-0.05, 0) is 56.9 Å². The number of amides is 2. The van der Waals surface area contributed by atoms with Crippen LogP contribution in [0.3, 0.4) is 0 Å². The van der Waals surface area contributed by atoms with Gasteiger partial charge in [0.15, 0.2) is 0 Å². The number of sulfonamides is 1. The van der Waals surface area contributed by atoms with Crippen molar-refractivity contribution in [3.63, 3.8) is 0 Å². The fraction of sp³-hybridized carbons (Fsp3) is 0.500. The van der Waals surface area contributed by atoms with Crippen LogP contribution in [0.2, 0.25) is 0 Å². The number of halogens is 1. The molecule has 0 radical (unpaired) electrons. The van der Waals surface area contributed by atoms with Crippen LogP contribution in [0.25, 0.3) is 0 Å². The zero-order chi connectivity index (χ0) is 27.0. The normalized spacial score (nSPS) is 15.1. The molecule has 0 aliphatic heterocycles. The number of benzene rings is 2. The van der Waals surface area contributed by atoms with Crippen molar-refractivity contribution in [2.45, 2.75) is 77.4 Å². The molecule has 1 aliphatic carbocycles. The van der Waals surface area contributed by atoms with E-state index >= 15 is 0 Å². The molecule has 7 nitrogen and oxygen atoms in total. The molecule has 0 bridgehead atoms. The van der Waals surface area contributed by atoms with Gasteiger partial charge in [0.05, 0.1) is 11.9 Å². The molecule has 202 valence electrons. The summed E-state index contributed by atoms with van der Waals surface area (Å²) in [6, 6.07) is 12.7. The van der Waals surface area contributed by atoms with Gasteiger partial charge in [-0.2, -0.15) is 0 Å². The van der Waals surface area contributed by atoms with Crippen molar-refractivity contribution in [3.05, 3.63) is 65.5 Å². The molecule has 1 unspecified atom stereocenters. The Kier molecular flexibility index (Phi) is 10.1. The van der Waals surface area contributed by atoms with Crippen LogP contribution in [0.5, 0.6) is 0 Å². The predicted octanol–water partition coefficient (Wildman–Crippen LogP) is 4.55. The molecule has 2 aromatic carbocycles. The topological polar surface area (TPSA) is 86.8 Å². The number of hydrogen-bond acceptors (Lipinski definition) is 4. The van der Waals surface area contributed by atoms with Gasteiger partial charge in [-0.1, -0.05) is 49.6 Å². The van der Waals surface area contributed by atoms with Crippen LogP contribution in [-0.4, -0.2) is 50.0 Å². The van der Waals surface area contributed by atoms with Crippen molar-refractivity contribution >= 4 is 27.5 Å². The lowest BCUT2D eigenvalue weighted by Crippen LogP contribution is -2.50. The highest BCUT2D eigenvalue weighted by Gasteiger charge is 2.29. The number of aryl methyl sites for hydroxylation is 1. The van der Waals surface area contributed by atoms with Gasteiger partial charge in [0.2, 0.25) is 21.8 Å². The molecule has 9 heteroatoms. The molecule has 0 aromatic heterocycles. The maximum absolute atomic E-state index is 14.4. The second-order valence-electron chi connectivity index (χ2n) is 9.91. The van der Waals surface area contributed by atoms with Crippen LogP contribution in [0.4, 0.5) is 10.1 Å². The summed E-state index contributed by atoms with van der Waals surface area (Å²) < 4.78 is 40.6. The fourth-order valence-corrected chi connectivity index (χ4v) is 5.71. The van der Waals surface area contributed by atoms with Crippen molar-refractivity contribution in [3.8, 4) is 0 Å². The van der Waals surface area contributed by atoms with Crippen molar-refractivity contribution in [2.24, 2.45) is 0 Å². The van der Waals surface area contributed by atoms with Gasteiger partial charge in [-0.15, -0.1) is 0 Å². The monoisotopic (exact) mass is 531 g/mol. The second kappa shape index (κ2) is 13.0. The number of nitrogens with zero attached hydrogens (tertiary/aromatic N) is 2. The fourth-order valence-electron chi connectivity index (χ4n) is 4.75. The largest absolute Gasteiger partial charge is 0.352 e. The molecular formula is C28H38FN3O4S. The number of nitrogens with one attached hydrogen (secondary N) is 1. The minimum absolute atomic E-state index is 0.0212. The van der Waals surface area contributed by atoms with Gasteiger partial charge in [-0.3, -0.25) is 13.9 Å². The van der Waals surface area contributed by atoms with Crippen molar-refractivity contribution in [1.82, 2.24) is 10.2 Å². The van der Waals surface area contributed by atoms with E-state index in [1.54, 1.807) is 43.3 Å². The van der Waals surface area contributed by atoms with E-state index in [0.29, 0.717) is 11.3 Å². The number of carbonyl (C=O) groups excluding carboxylic acids is 2. The molecule has 0 saturated heterocycles. The van der Waals surface area contributed by atoms with Crippen LogP contribution in [0, 0.1) is 12.7 Å². The Morgan fingerprint density at radius 1 is 1.08 bits per heavy atom. The van der Waals surface area contributed by atoms with Crippen LogP contribution in [0.1, 0.15) is 63.0 Å². The highest BCUT2D eigenvalue weighted by molar-refractivity contribution is 7.92. The first-order chi connectivity index (χ1) is 17.6. The zero-order valence-electron chi connectivity index (χ0n) is 22.0. The molecule has 1 fully saturated rings. The Bertz CT molecular complexity index is 1180. The third kappa shape index (κ3) is 8.28. The first-order valence-electron chi connectivity index (χ1n) is 12.9. The predicted molar refractivity (Wildman–Crippen MR) is 144 cm³/mol. The Morgan fingerprint density at radius 2 is 1.78 bits per heavy atom. The van der Waals surface area contributed by atoms with E-state index in [9.17, 15) is 22.4 Å². The molecule has 3 rings (SSSR count). The average Bonchev–Trinajstić information content (AvgIpc) is 2.85. The molecular weight excluding hydrogens is 493 g/mol. The van der Waals surface area contributed by atoms with E-state index in [1.165, 1.54) is 15.3 Å². The standard InChI is InChI=1S/C28H38FN3O4S/c1-21-11-9-15-25(19-21)32(37(3,35)36)18-10-17-27(33)31(20-23-12-7-8-16-26(23)29)22(2)28(34)30-24-13-5-4-6-14-24/h7-9,11-12,15-16,19,22,24H,4-6,10,13-14,17-18,20H2,1-3H3,(H,30,34). The Hall–Kier alpha value is -2.94. The lowest BCUT2D eigenvalue weighted by molar-refractivity contribution is -0.141. The summed E-state index contributed by atoms with van der Waals surface area (Å²) in [7, 11) is -3.56. The summed E-state index contributed by atoms with van der Waals surface area (Å²) in [5, 5.41) is 3.06. The molecule has 1 aliphatic rings. The first-order valence-corrected chi connectivity index (χ1v) is 14.8. The summed E-state index contributed by atoms with van der Waals surface area (Å²) in [6.07, 6.45) is 6.54. The highest BCUT2D eigenvalue weighted by Crippen LogP contribution is 2.21. The minimum atomic E-state index is -3.56. The summed E-state index contributed by atoms with van der Waals surface area (Å²) >= 11 is 0. The summed E-state index contributed by atoms with van der Waals surface area (Å²) in [5.41, 5.74) is 1.79. The van der Waals surface area contributed by atoms with Crippen molar-refractivity contribution in [2.75, 3.05) is 17.1 Å². The third-order valence-electron chi connectivity index (χ3n) is 6.86. The maximum atomic E-state index is 14.4. The van der Waals surface area contributed by atoms with Gasteiger partial charge in [-0.25, -0.2) is 12.8 Å². The van der Waals surface area contributed by atoms with E-state index < -0.39 is 21.9 Å². The maximum Gasteiger partial charge on any atom is 0.242 e. The zero-order valence-corrected chi connectivity index (χ0v) is 22.8. The molecule has 0 heterocycles. The van der Waals surface area contributed by atoms with Gasteiger partial charge in [0.25, 0.3) is 0 Å². The van der Waals surface area contributed by atoms with Crippen LogP contribution < -0.4 is 9.62 Å². The lowest BCUT2D eigenvalue weighted by Gasteiger charge is -2.31. The van der Waals surface area contributed by atoms with Gasteiger partial charge in [0, 0.05) is 31.1 Å². The van der Waals surface area contributed by atoms with E-state index in [0.717, 1.165) is 43.9 Å². The van der Waals surface area contributed by atoms with E-state index in [-0.39, 0.29) is 43.8 Å².